The molecule has 1 amide bonds. The molecular formula is C29H30ClN3O3S. The van der Waals surface area contributed by atoms with Crippen molar-refractivity contribution in [2.45, 2.75) is 46.0 Å². The van der Waals surface area contributed by atoms with Crippen molar-refractivity contribution in [2.24, 2.45) is 0 Å². The van der Waals surface area contributed by atoms with Crippen LogP contribution in [0.4, 0.5) is 5.69 Å². The number of halogens is 1. The molecule has 0 saturated heterocycles. The molecule has 0 spiro atoms. The van der Waals surface area contributed by atoms with Gasteiger partial charge >= 0.3 is 0 Å². The molecule has 1 heterocycles. The summed E-state index contributed by atoms with van der Waals surface area (Å²) in [7, 11) is 0. The summed E-state index contributed by atoms with van der Waals surface area (Å²) in [6.45, 7) is 7.06. The van der Waals surface area contributed by atoms with Gasteiger partial charge in [-0.3, -0.25) is 10.1 Å². The maximum atomic E-state index is 12.7. The van der Waals surface area contributed by atoms with E-state index in [0.29, 0.717) is 40.4 Å². The Labute approximate surface area is 227 Å². The van der Waals surface area contributed by atoms with E-state index in [-0.39, 0.29) is 11.0 Å². The van der Waals surface area contributed by atoms with Crippen LogP contribution in [0.25, 0.3) is 22.6 Å². The first-order valence-corrected chi connectivity index (χ1v) is 13.2. The number of thiocarbonyl (C=S) groups is 1. The molecule has 0 bridgehead atoms. The van der Waals surface area contributed by atoms with Crippen molar-refractivity contribution in [1.82, 2.24) is 10.3 Å². The lowest BCUT2D eigenvalue weighted by Crippen LogP contribution is -2.34. The molecule has 0 saturated carbocycles. The lowest BCUT2D eigenvalue weighted by molar-refractivity contribution is 0.0977. The molecule has 8 heteroatoms. The molecule has 0 aliphatic carbocycles. The zero-order chi connectivity index (χ0) is 26.4. The minimum Gasteiger partial charge on any atom is -0.494 e. The van der Waals surface area contributed by atoms with Crippen LogP contribution in [0.3, 0.4) is 0 Å². The summed E-state index contributed by atoms with van der Waals surface area (Å²) < 4.78 is 11.7. The minimum absolute atomic E-state index is 0.122. The molecule has 0 unspecified atom stereocenters. The number of carbonyl (C=O) groups excluding carboxylic acids is 1. The maximum Gasteiger partial charge on any atom is 0.257 e. The van der Waals surface area contributed by atoms with E-state index >= 15 is 0 Å². The first-order chi connectivity index (χ1) is 17.9. The van der Waals surface area contributed by atoms with E-state index in [1.165, 1.54) is 5.56 Å². The monoisotopic (exact) mass is 535 g/mol. The molecule has 4 rings (SSSR count). The van der Waals surface area contributed by atoms with Gasteiger partial charge in [-0.1, -0.05) is 50.9 Å². The maximum absolute atomic E-state index is 12.7. The van der Waals surface area contributed by atoms with Crippen LogP contribution in [-0.4, -0.2) is 22.6 Å². The molecule has 1 atom stereocenters. The fourth-order valence-electron chi connectivity index (χ4n) is 3.75. The van der Waals surface area contributed by atoms with E-state index in [2.05, 4.69) is 48.5 Å². The van der Waals surface area contributed by atoms with Gasteiger partial charge in [0.15, 0.2) is 10.7 Å². The Kier molecular flexibility index (Phi) is 8.79. The van der Waals surface area contributed by atoms with Crippen LogP contribution in [0.1, 0.15) is 61.9 Å². The third-order valence-electron chi connectivity index (χ3n) is 6.14. The average Bonchev–Trinajstić information content (AvgIpc) is 3.33. The van der Waals surface area contributed by atoms with Crippen molar-refractivity contribution in [3.8, 4) is 17.2 Å². The van der Waals surface area contributed by atoms with Gasteiger partial charge in [0.1, 0.15) is 11.3 Å². The molecule has 1 aromatic heterocycles. The number of carbonyl (C=O) groups is 1. The second kappa shape index (κ2) is 12.2. The smallest absolute Gasteiger partial charge is 0.257 e. The normalized spacial score (nSPS) is 11.8. The topological polar surface area (TPSA) is 76.4 Å². The predicted molar refractivity (Wildman–Crippen MR) is 154 cm³/mol. The van der Waals surface area contributed by atoms with Crippen molar-refractivity contribution in [3.63, 3.8) is 0 Å². The summed E-state index contributed by atoms with van der Waals surface area (Å²) in [6.07, 6.45) is 3.04. The summed E-state index contributed by atoms with van der Waals surface area (Å²) >= 11 is 11.8. The zero-order valence-corrected chi connectivity index (χ0v) is 22.7. The van der Waals surface area contributed by atoms with Gasteiger partial charge in [0, 0.05) is 11.1 Å². The molecule has 0 aliphatic rings. The number of nitrogens with one attached hydrogen (secondary N) is 2. The van der Waals surface area contributed by atoms with E-state index in [0.717, 1.165) is 35.9 Å². The Morgan fingerprint density at radius 2 is 1.97 bits per heavy atom. The fraction of sp³-hybridized carbons (Fsp3) is 0.276. The Morgan fingerprint density at radius 3 is 2.76 bits per heavy atom. The number of aromatic nitrogens is 1. The van der Waals surface area contributed by atoms with Crippen LogP contribution in [0, 0.1) is 0 Å². The number of unbranched alkanes of at least 4 members (excludes halogenated alkanes) is 1. The number of oxazole rings is 1. The third kappa shape index (κ3) is 6.67. The predicted octanol–water partition coefficient (Wildman–Crippen LogP) is 7.97. The Bertz CT molecular complexity index is 1420. The number of anilines is 1. The molecule has 2 N–H and O–H groups in total. The van der Waals surface area contributed by atoms with Gasteiger partial charge < -0.3 is 14.5 Å². The van der Waals surface area contributed by atoms with E-state index in [4.69, 9.17) is 33.0 Å². The van der Waals surface area contributed by atoms with Crippen LogP contribution in [0.5, 0.6) is 5.75 Å². The van der Waals surface area contributed by atoms with E-state index in [9.17, 15) is 4.79 Å². The van der Waals surface area contributed by atoms with Gasteiger partial charge in [0.05, 0.1) is 17.3 Å². The van der Waals surface area contributed by atoms with Crippen LogP contribution in [0.15, 0.2) is 65.1 Å². The first-order valence-electron chi connectivity index (χ1n) is 12.4. The second-order valence-corrected chi connectivity index (χ2v) is 9.70. The molecule has 0 aliphatic heterocycles. The summed E-state index contributed by atoms with van der Waals surface area (Å²) in [5, 5.41) is 6.28. The Balaban J connectivity index is 1.46. The lowest BCUT2D eigenvalue weighted by Gasteiger charge is -2.12. The lowest BCUT2D eigenvalue weighted by atomic mass is 9.98. The van der Waals surface area contributed by atoms with Gasteiger partial charge in [0.25, 0.3) is 5.91 Å². The number of amides is 1. The highest BCUT2D eigenvalue weighted by Gasteiger charge is 2.14. The first kappa shape index (κ1) is 26.6. The fourth-order valence-corrected chi connectivity index (χ4v) is 4.12. The van der Waals surface area contributed by atoms with Crippen molar-refractivity contribution in [2.75, 3.05) is 11.9 Å². The van der Waals surface area contributed by atoms with Crippen molar-refractivity contribution in [3.05, 3.63) is 76.8 Å². The molecule has 0 fully saturated rings. The molecule has 192 valence electrons. The highest BCUT2D eigenvalue weighted by Crippen LogP contribution is 2.32. The second-order valence-electron chi connectivity index (χ2n) is 8.89. The minimum atomic E-state index is -0.346. The number of nitrogens with zero attached hydrogens (tertiary/aromatic N) is 1. The summed E-state index contributed by atoms with van der Waals surface area (Å²) in [5.74, 6) is 1.22. The van der Waals surface area contributed by atoms with Crippen molar-refractivity contribution >= 4 is 51.6 Å². The van der Waals surface area contributed by atoms with E-state index < -0.39 is 0 Å². The Morgan fingerprint density at radius 1 is 1.14 bits per heavy atom. The molecule has 3 aromatic carbocycles. The van der Waals surface area contributed by atoms with Gasteiger partial charge in [0.2, 0.25) is 5.89 Å². The number of hydrogen-bond acceptors (Lipinski definition) is 5. The van der Waals surface area contributed by atoms with Crippen molar-refractivity contribution in [1.29, 1.82) is 0 Å². The quantitative estimate of drug-likeness (QED) is 0.167. The standard InChI is InChI=1S/C29H30ClN3O3S/c1-4-6-14-35-22-9-7-8-20(15-22)27(34)33-29(37)32-24-17-21(10-12-23(24)30)28-31-25-16-19(18(3)5-2)11-13-26(25)36-28/h7-13,15-18H,4-6,14H2,1-3H3,(H2,32,33,34,37)/t18-/m0/s1. The van der Waals surface area contributed by atoms with Gasteiger partial charge in [-0.15, -0.1) is 0 Å². The highest BCUT2D eigenvalue weighted by molar-refractivity contribution is 7.80. The molecular weight excluding hydrogens is 506 g/mol. The number of rotatable bonds is 9. The molecule has 37 heavy (non-hydrogen) atoms. The number of hydrogen-bond donors (Lipinski definition) is 2. The van der Waals surface area contributed by atoms with Gasteiger partial charge in [-0.25, -0.2) is 4.98 Å². The van der Waals surface area contributed by atoms with Crippen LogP contribution >= 0.6 is 23.8 Å². The number of benzene rings is 3. The largest absolute Gasteiger partial charge is 0.494 e. The molecule has 0 radical (unpaired) electrons. The third-order valence-corrected chi connectivity index (χ3v) is 6.68. The van der Waals surface area contributed by atoms with E-state index in [1.54, 1.807) is 30.3 Å². The number of ether oxygens (including phenoxy) is 1. The molecule has 4 aromatic rings. The average molecular weight is 536 g/mol. The van der Waals surface area contributed by atoms with Crippen LogP contribution in [0.2, 0.25) is 5.02 Å². The zero-order valence-electron chi connectivity index (χ0n) is 21.1. The molecule has 6 nitrogen and oxygen atoms in total. The highest BCUT2D eigenvalue weighted by atomic mass is 35.5. The van der Waals surface area contributed by atoms with Crippen LogP contribution < -0.4 is 15.4 Å². The van der Waals surface area contributed by atoms with Gasteiger partial charge in [-0.2, -0.15) is 0 Å². The Hall–Kier alpha value is -3.42. The number of fused-ring (bicyclic) bond motifs is 1. The van der Waals surface area contributed by atoms with Crippen molar-refractivity contribution < 1.29 is 13.9 Å². The summed E-state index contributed by atoms with van der Waals surface area (Å²) in [6, 6.07) is 18.5. The summed E-state index contributed by atoms with van der Waals surface area (Å²) in [4.78, 5) is 17.4. The summed E-state index contributed by atoms with van der Waals surface area (Å²) in [5.41, 5.74) is 4.47. The van der Waals surface area contributed by atoms with Crippen LogP contribution in [-0.2, 0) is 0 Å². The van der Waals surface area contributed by atoms with Gasteiger partial charge in [-0.05, 0) is 85.1 Å². The van der Waals surface area contributed by atoms with E-state index in [1.807, 2.05) is 18.2 Å². The SMILES string of the molecule is CCCCOc1cccc(C(=O)NC(=S)Nc2cc(-c3nc4cc([C@@H](C)CC)ccc4o3)ccc2Cl)c1.